The second-order valence-corrected chi connectivity index (χ2v) is 4.85. The Labute approximate surface area is 132 Å². The fraction of sp³-hybridized carbons (Fsp3) is 0.143. The van der Waals surface area contributed by atoms with Gasteiger partial charge in [0.1, 0.15) is 17.7 Å². The van der Waals surface area contributed by atoms with Crippen molar-refractivity contribution in [3.05, 3.63) is 62.3 Å². The van der Waals surface area contributed by atoms with Gasteiger partial charge >= 0.3 is 0 Å². The zero-order valence-electron chi connectivity index (χ0n) is 11.3. The van der Waals surface area contributed by atoms with Crippen LogP contribution in [-0.2, 0) is 0 Å². The fourth-order valence-electron chi connectivity index (χ4n) is 1.30. The Balaban J connectivity index is 0.000000211. The molecule has 21 heavy (non-hydrogen) atoms. The van der Waals surface area contributed by atoms with Crippen molar-refractivity contribution in [2.24, 2.45) is 0 Å². The highest BCUT2D eigenvalue weighted by molar-refractivity contribution is 6.32. The fourth-order valence-corrected chi connectivity index (χ4v) is 1.79. The molecule has 0 unspecified atom stereocenters. The Morgan fingerprint density at radius 1 is 1.10 bits per heavy atom. The van der Waals surface area contributed by atoms with E-state index in [0.29, 0.717) is 26.0 Å². The van der Waals surface area contributed by atoms with Crippen molar-refractivity contribution in [2.75, 3.05) is 0 Å². The molecule has 0 spiro atoms. The molecule has 0 N–H and O–H groups in total. The molecule has 106 valence electrons. The third-order valence-electron chi connectivity index (χ3n) is 2.42. The Morgan fingerprint density at radius 2 is 1.67 bits per heavy atom. The molecule has 2 rings (SSSR count). The molecule has 0 saturated carbocycles. The van der Waals surface area contributed by atoms with Crippen molar-refractivity contribution in [2.45, 2.75) is 13.8 Å². The molecule has 0 bridgehead atoms. The second-order valence-electron chi connectivity index (χ2n) is 4.03. The van der Waals surface area contributed by atoms with Crippen LogP contribution in [-0.4, -0.2) is 4.98 Å². The molecule has 0 aromatic carbocycles. The summed E-state index contributed by atoms with van der Waals surface area (Å²) in [7, 11) is 0. The summed E-state index contributed by atoms with van der Waals surface area (Å²) in [6.07, 6.45) is 2.63. The summed E-state index contributed by atoms with van der Waals surface area (Å²) in [6.45, 7) is 3.45. The van der Waals surface area contributed by atoms with Crippen LogP contribution in [0.15, 0.2) is 24.5 Å². The van der Waals surface area contributed by atoms with Crippen LogP contribution in [0, 0.1) is 41.7 Å². The number of halogens is 2. The number of pyridine rings is 2. The minimum atomic E-state index is 0.201. The molecular formula is C14H10Cl2N4O. The summed E-state index contributed by atoms with van der Waals surface area (Å²) < 4.78 is 0.616. The van der Waals surface area contributed by atoms with Crippen LogP contribution in [0.25, 0.3) is 0 Å². The molecule has 2 aromatic rings. The van der Waals surface area contributed by atoms with Gasteiger partial charge in [0, 0.05) is 24.9 Å². The Bertz CT molecular complexity index is 748. The van der Waals surface area contributed by atoms with Crippen LogP contribution in [0.1, 0.15) is 22.5 Å². The van der Waals surface area contributed by atoms with Crippen LogP contribution in [0.3, 0.4) is 0 Å². The Kier molecular flexibility index (Phi) is 5.92. The number of nitriles is 2. The first-order chi connectivity index (χ1) is 9.88. The van der Waals surface area contributed by atoms with E-state index >= 15 is 0 Å². The molecule has 0 amide bonds. The minimum Gasteiger partial charge on any atom is -0.618 e. The first-order valence-electron chi connectivity index (χ1n) is 5.70. The topological polar surface area (TPSA) is 87.4 Å². The maximum atomic E-state index is 10.9. The first kappa shape index (κ1) is 16.7. The van der Waals surface area contributed by atoms with E-state index in [2.05, 4.69) is 4.98 Å². The van der Waals surface area contributed by atoms with Gasteiger partial charge in [0.15, 0.2) is 11.9 Å². The molecule has 7 heteroatoms. The number of aromatic nitrogens is 2. The molecule has 0 fully saturated rings. The molecule has 2 aromatic heterocycles. The largest absolute Gasteiger partial charge is 0.618 e. The smallest absolute Gasteiger partial charge is 0.199 e. The van der Waals surface area contributed by atoms with E-state index in [0.717, 1.165) is 11.9 Å². The summed E-state index contributed by atoms with van der Waals surface area (Å²) in [4.78, 5) is 3.90. The van der Waals surface area contributed by atoms with Gasteiger partial charge in [0.2, 0.25) is 0 Å². The summed E-state index contributed by atoms with van der Waals surface area (Å²) >= 11 is 11.3. The number of hydrogen-bond acceptors (Lipinski definition) is 4. The maximum Gasteiger partial charge on any atom is 0.199 e. The SMILES string of the molecule is Cc1cc(Cl)c(C#N)c[n+]1[O-].Cc1cc(Cl)c(C#N)cn1. The normalized spacial score (nSPS) is 9.05. The van der Waals surface area contributed by atoms with Crippen LogP contribution in [0.4, 0.5) is 0 Å². The third-order valence-corrected chi connectivity index (χ3v) is 3.04. The predicted octanol–water partition coefficient (Wildman–Crippen LogP) is 3.07. The van der Waals surface area contributed by atoms with Gasteiger partial charge in [0.05, 0.1) is 15.6 Å². The lowest BCUT2D eigenvalue weighted by atomic mass is 10.3. The summed E-state index contributed by atoms with van der Waals surface area (Å²) in [5.41, 5.74) is 1.93. The van der Waals surface area contributed by atoms with Crippen LogP contribution in [0.5, 0.6) is 0 Å². The molecule has 5 nitrogen and oxygen atoms in total. The van der Waals surface area contributed by atoms with E-state index < -0.39 is 0 Å². The van der Waals surface area contributed by atoms with Gasteiger partial charge in [-0.1, -0.05) is 23.2 Å². The highest BCUT2D eigenvalue weighted by Crippen LogP contribution is 2.14. The van der Waals surface area contributed by atoms with Crippen molar-refractivity contribution in [1.82, 2.24) is 4.98 Å². The van der Waals surface area contributed by atoms with Crippen molar-refractivity contribution in [3.63, 3.8) is 0 Å². The van der Waals surface area contributed by atoms with Crippen LogP contribution >= 0.6 is 23.2 Å². The average molecular weight is 321 g/mol. The maximum absolute atomic E-state index is 10.9. The quantitative estimate of drug-likeness (QED) is 0.551. The van der Waals surface area contributed by atoms with E-state index in [-0.39, 0.29) is 5.56 Å². The van der Waals surface area contributed by atoms with E-state index in [1.165, 1.54) is 12.3 Å². The zero-order chi connectivity index (χ0) is 16.0. The molecule has 0 radical (unpaired) electrons. The molecule has 0 atom stereocenters. The highest BCUT2D eigenvalue weighted by Gasteiger charge is 2.06. The lowest BCUT2D eigenvalue weighted by molar-refractivity contribution is -0.612. The van der Waals surface area contributed by atoms with Gasteiger partial charge in [-0.25, -0.2) is 0 Å². The van der Waals surface area contributed by atoms with Crippen molar-refractivity contribution in [1.29, 1.82) is 10.5 Å². The standard InChI is InChI=1S/C7H5ClN2O.C7H5ClN2/c1-5-2-7(8)6(3-9)4-10(5)11;1-5-2-7(8)6(3-9)4-10-5/h2,4H,1H3;2,4H,1H3. The number of aryl methyl sites for hydroxylation is 2. The predicted molar refractivity (Wildman–Crippen MR) is 78.6 cm³/mol. The van der Waals surface area contributed by atoms with Gasteiger partial charge in [0.25, 0.3) is 0 Å². The summed E-state index contributed by atoms with van der Waals surface area (Å²) in [6, 6.07) is 6.87. The van der Waals surface area contributed by atoms with E-state index in [9.17, 15) is 5.21 Å². The van der Waals surface area contributed by atoms with Crippen molar-refractivity contribution in [3.8, 4) is 12.1 Å². The lowest BCUT2D eigenvalue weighted by Crippen LogP contribution is -2.29. The minimum absolute atomic E-state index is 0.201. The average Bonchev–Trinajstić information content (AvgIpc) is 2.44. The zero-order valence-corrected chi connectivity index (χ0v) is 12.8. The molecule has 0 aliphatic rings. The number of hydrogen-bond donors (Lipinski definition) is 0. The van der Waals surface area contributed by atoms with Crippen molar-refractivity contribution < 1.29 is 4.73 Å². The molecule has 0 aliphatic carbocycles. The third kappa shape index (κ3) is 4.61. The monoisotopic (exact) mass is 320 g/mol. The Morgan fingerprint density at radius 3 is 2.19 bits per heavy atom. The first-order valence-corrected chi connectivity index (χ1v) is 6.46. The molecule has 0 saturated heterocycles. The summed E-state index contributed by atoms with van der Waals surface area (Å²) in [5.74, 6) is 0. The van der Waals surface area contributed by atoms with Crippen LogP contribution in [0.2, 0.25) is 10.0 Å². The summed E-state index contributed by atoms with van der Waals surface area (Å²) in [5, 5.41) is 28.5. The van der Waals surface area contributed by atoms with Crippen molar-refractivity contribution >= 4 is 23.2 Å². The van der Waals surface area contributed by atoms with Gasteiger partial charge in [-0.15, -0.1) is 0 Å². The van der Waals surface area contributed by atoms with Gasteiger partial charge in [-0.3, -0.25) is 4.98 Å². The highest BCUT2D eigenvalue weighted by atomic mass is 35.5. The van der Waals surface area contributed by atoms with Gasteiger partial charge in [-0.2, -0.15) is 15.3 Å². The van der Waals surface area contributed by atoms with Gasteiger partial charge in [-0.05, 0) is 13.0 Å². The second kappa shape index (κ2) is 7.44. The molecule has 2 heterocycles. The number of nitrogens with zero attached hydrogens (tertiary/aromatic N) is 4. The Hall–Kier alpha value is -2.34. The van der Waals surface area contributed by atoms with Gasteiger partial charge < -0.3 is 5.21 Å². The number of rotatable bonds is 0. The van der Waals surface area contributed by atoms with E-state index in [1.54, 1.807) is 13.0 Å². The lowest BCUT2D eigenvalue weighted by Gasteiger charge is -2.00. The molecule has 0 aliphatic heterocycles. The van der Waals surface area contributed by atoms with E-state index in [1.807, 2.05) is 19.1 Å². The molecular weight excluding hydrogens is 311 g/mol. The van der Waals surface area contributed by atoms with E-state index in [4.69, 9.17) is 33.7 Å². The van der Waals surface area contributed by atoms with Crippen LogP contribution < -0.4 is 4.73 Å².